The maximum Gasteiger partial charge on any atom is 0.223 e. The second kappa shape index (κ2) is 6.84. The van der Waals surface area contributed by atoms with Crippen molar-refractivity contribution >= 4 is 22.4 Å². The highest BCUT2D eigenvalue weighted by atomic mass is 35.5. The van der Waals surface area contributed by atoms with Gasteiger partial charge in [-0.25, -0.2) is 4.98 Å². The average Bonchev–Trinajstić information content (AvgIpc) is 2.40. The number of halogens is 1. The van der Waals surface area contributed by atoms with E-state index < -0.39 is 0 Å². The number of ether oxygens (including phenoxy) is 1. The largest absolute Gasteiger partial charge is 0.474 e. The molecule has 3 nitrogen and oxygen atoms in total. The Kier molecular flexibility index (Phi) is 4.84. The Balaban J connectivity index is 1.76. The van der Waals surface area contributed by atoms with Crippen molar-refractivity contribution in [2.24, 2.45) is 5.92 Å². The summed E-state index contributed by atoms with van der Waals surface area (Å²) in [5.74, 6) is 1.50. The summed E-state index contributed by atoms with van der Waals surface area (Å²) < 4.78 is 5.77. The van der Waals surface area contributed by atoms with Crippen molar-refractivity contribution in [3.63, 3.8) is 0 Å². The van der Waals surface area contributed by atoms with E-state index in [-0.39, 0.29) is 6.10 Å². The monoisotopic (exact) mass is 318 g/mol. The summed E-state index contributed by atoms with van der Waals surface area (Å²) in [6, 6.07) is 8.29. The van der Waals surface area contributed by atoms with E-state index in [1.54, 1.807) is 0 Å². The van der Waals surface area contributed by atoms with Crippen molar-refractivity contribution in [3.05, 3.63) is 35.0 Å². The Hall–Kier alpha value is -1.32. The molecule has 1 aromatic carbocycles. The third-order valence-electron chi connectivity index (χ3n) is 4.16. The van der Waals surface area contributed by atoms with Crippen LogP contribution in [-0.2, 0) is 6.54 Å². The van der Waals surface area contributed by atoms with Crippen molar-refractivity contribution in [1.82, 2.24) is 10.3 Å². The summed E-state index contributed by atoms with van der Waals surface area (Å²) in [7, 11) is 0. The lowest BCUT2D eigenvalue weighted by atomic mass is 9.85. The van der Waals surface area contributed by atoms with Crippen molar-refractivity contribution in [2.75, 3.05) is 6.54 Å². The molecule has 2 aromatic rings. The molecule has 0 bridgehead atoms. The quantitative estimate of drug-likeness (QED) is 0.792. The van der Waals surface area contributed by atoms with Crippen LogP contribution >= 0.6 is 11.6 Å². The standard InChI is InChI=1S/C18H23ClN2O/c1-12(2)22-18-16-7-6-14(8-15(16)9-17(19)21-18)11-20-10-13-4-3-5-13/h6-9,12-13,20H,3-5,10-11H2,1-2H3. The maximum absolute atomic E-state index is 6.13. The van der Waals surface area contributed by atoms with E-state index in [2.05, 4.69) is 28.5 Å². The first-order chi connectivity index (χ1) is 10.6. The van der Waals surface area contributed by atoms with E-state index in [4.69, 9.17) is 16.3 Å². The summed E-state index contributed by atoms with van der Waals surface area (Å²) in [6.45, 7) is 6.00. The lowest BCUT2D eigenvalue weighted by Crippen LogP contribution is -2.26. The van der Waals surface area contributed by atoms with Crippen LogP contribution in [-0.4, -0.2) is 17.6 Å². The van der Waals surface area contributed by atoms with Crippen LogP contribution in [0.4, 0.5) is 0 Å². The molecule has 4 heteroatoms. The number of rotatable bonds is 6. The predicted molar refractivity (Wildman–Crippen MR) is 91.6 cm³/mol. The number of aromatic nitrogens is 1. The molecule has 1 saturated carbocycles. The van der Waals surface area contributed by atoms with Crippen LogP contribution in [0.25, 0.3) is 10.8 Å². The van der Waals surface area contributed by atoms with Crippen molar-refractivity contribution in [1.29, 1.82) is 0 Å². The van der Waals surface area contributed by atoms with Gasteiger partial charge in [0.25, 0.3) is 0 Å². The van der Waals surface area contributed by atoms with Gasteiger partial charge < -0.3 is 10.1 Å². The SMILES string of the molecule is CC(C)Oc1nc(Cl)cc2cc(CNCC3CCC3)ccc12. The molecule has 1 heterocycles. The molecule has 0 saturated heterocycles. The second-order valence-corrected chi connectivity index (χ2v) is 6.79. The molecule has 0 amide bonds. The Labute approximate surface area is 137 Å². The average molecular weight is 319 g/mol. The molecule has 0 radical (unpaired) electrons. The van der Waals surface area contributed by atoms with Crippen molar-refractivity contribution in [2.45, 2.75) is 45.8 Å². The minimum Gasteiger partial charge on any atom is -0.474 e. The second-order valence-electron chi connectivity index (χ2n) is 6.40. The summed E-state index contributed by atoms with van der Waals surface area (Å²) >= 11 is 6.13. The van der Waals surface area contributed by atoms with Gasteiger partial charge in [-0.15, -0.1) is 0 Å². The van der Waals surface area contributed by atoms with Gasteiger partial charge in [0.15, 0.2) is 0 Å². The number of hydrogen-bond acceptors (Lipinski definition) is 3. The van der Waals surface area contributed by atoms with E-state index in [1.807, 2.05) is 19.9 Å². The number of benzene rings is 1. The lowest BCUT2D eigenvalue weighted by molar-refractivity contribution is 0.236. The van der Waals surface area contributed by atoms with Gasteiger partial charge in [-0.2, -0.15) is 0 Å². The van der Waals surface area contributed by atoms with E-state index in [0.29, 0.717) is 11.0 Å². The van der Waals surface area contributed by atoms with E-state index in [9.17, 15) is 0 Å². The van der Waals surface area contributed by atoms with Crippen molar-refractivity contribution < 1.29 is 4.74 Å². The molecule has 1 aromatic heterocycles. The maximum atomic E-state index is 6.13. The number of fused-ring (bicyclic) bond motifs is 1. The van der Waals surface area contributed by atoms with Gasteiger partial charge in [-0.1, -0.05) is 24.1 Å². The highest BCUT2D eigenvalue weighted by Crippen LogP contribution is 2.28. The highest BCUT2D eigenvalue weighted by molar-refractivity contribution is 6.30. The fraction of sp³-hybridized carbons (Fsp3) is 0.500. The first-order valence-electron chi connectivity index (χ1n) is 8.08. The van der Waals surface area contributed by atoms with Crippen molar-refractivity contribution in [3.8, 4) is 5.88 Å². The van der Waals surface area contributed by atoms with Crippen LogP contribution in [0.2, 0.25) is 5.15 Å². The summed E-state index contributed by atoms with van der Waals surface area (Å²) in [5, 5.41) is 6.12. The number of nitrogens with zero attached hydrogens (tertiary/aromatic N) is 1. The number of hydrogen-bond donors (Lipinski definition) is 1. The third-order valence-corrected chi connectivity index (χ3v) is 4.36. The van der Waals surface area contributed by atoms with Crippen LogP contribution in [0.3, 0.4) is 0 Å². The Morgan fingerprint density at radius 3 is 2.82 bits per heavy atom. The Morgan fingerprint density at radius 2 is 2.14 bits per heavy atom. The fourth-order valence-electron chi connectivity index (χ4n) is 2.78. The van der Waals surface area contributed by atoms with Crippen LogP contribution in [0.1, 0.15) is 38.7 Å². The van der Waals surface area contributed by atoms with Gasteiger partial charge in [0, 0.05) is 11.9 Å². The van der Waals surface area contributed by atoms with Gasteiger partial charge in [-0.05, 0) is 68.3 Å². The molecule has 1 N–H and O–H groups in total. The molecule has 0 spiro atoms. The first-order valence-corrected chi connectivity index (χ1v) is 8.46. The van der Waals surface area contributed by atoms with Crippen LogP contribution in [0, 0.1) is 5.92 Å². The third kappa shape index (κ3) is 3.71. The zero-order valence-electron chi connectivity index (χ0n) is 13.2. The minimum absolute atomic E-state index is 0.0815. The summed E-state index contributed by atoms with van der Waals surface area (Å²) in [4.78, 5) is 4.30. The molecule has 22 heavy (non-hydrogen) atoms. The van der Waals surface area contributed by atoms with Gasteiger partial charge in [0.2, 0.25) is 5.88 Å². The Morgan fingerprint density at radius 1 is 1.32 bits per heavy atom. The topological polar surface area (TPSA) is 34.1 Å². The lowest BCUT2D eigenvalue weighted by Gasteiger charge is -2.25. The van der Waals surface area contributed by atoms with E-state index in [1.165, 1.54) is 24.8 Å². The summed E-state index contributed by atoms with van der Waals surface area (Å²) in [5.41, 5.74) is 1.27. The molecule has 1 fully saturated rings. The molecule has 118 valence electrons. The molecular formula is C18H23ClN2O. The normalized spacial score (nSPS) is 15.3. The minimum atomic E-state index is 0.0815. The van der Waals surface area contributed by atoms with Gasteiger partial charge in [0.1, 0.15) is 5.15 Å². The summed E-state index contributed by atoms with van der Waals surface area (Å²) in [6.07, 6.45) is 4.23. The Bertz CT molecular complexity index is 653. The molecular weight excluding hydrogens is 296 g/mol. The van der Waals surface area contributed by atoms with E-state index >= 15 is 0 Å². The van der Waals surface area contributed by atoms with E-state index in [0.717, 1.165) is 29.8 Å². The fourth-order valence-corrected chi connectivity index (χ4v) is 2.98. The molecule has 1 aliphatic carbocycles. The van der Waals surface area contributed by atoms with Gasteiger partial charge in [-0.3, -0.25) is 0 Å². The van der Waals surface area contributed by atoms with Crippen LogP contribution in [0.15, 0.2) is 24.3 Å². The molecule has 0 aliphatic heterocycles. The number of pyridine rings is 1. The first kappa shape index (κ1) is 15.6. The smallest absolute Gasteiger partial charge is 0.223 e. The highest BCUT2D eigenvalue weighted by Gasteiger charge is 2.16. The zero-order valence-corrected chi connectivity index (χ0v) is 14.0. The molecule has 0 atom stereocenters. The number of nitrogens with one attached hydrogen (secondary N) is 1. The molecule has 0 unspecified atom stereocenters. The molecule has 3 rings (SSSR count). The van der Waals surface area contributed by atoms with Gasteiger partial charge >= 0.3 is 0 Å². The predicted octanol–water partition coefficient (Wildman–Crippen LogP) is 4.57. The van der Waals surface area contributed by atoms with Crippen LogP contribution in [0.5, 0.6) is 5.88 Å². The van der Waals surface area contributed by atoms with Gasteiger partial charge in [0.05, 0.1) is 6.10 Å². The van der Waals surface area contributed by atoms with Crippen LogP contribution < -0.4 is 10.1 Å². The molecule has 1 aliphatic rings. The zero-order chi connectivity index (χ0) is 15.5.